The van der Waals surface area contributed by atoms with Crippen molar-refractivity contribution in [3.05, 3.63) is 28.0 Å². The molecule has 6 heteroatoms. The van der Waals surface area contributed by atoms with Gasteiger partial charge in [-0.3, -0.25) is 4.79 Å². The van der Waals surface area contributed by atoms with Gasteiger partial charge in [0, 0.05) is 6.07 Å². The van der Waals surface area contributed by atoms with Crippen molar-refractivity contribution in [2.45, 2.75) is 6.10 Å². The molecule has 2 rings (SSSR count). The van der Waals surface area contributed by atoms with Crippen LogP contribution in [0.4, 0.5) is 4.39 Å². The van der Waals surface area contributed by atoms with E-state index in [0.29, 0.717) is 13.2 Å². The van der Waals surface area contributed by atoms with Crippen LogP contribution in [0.15, 0.2) is 16.6 Å². The molecule has 0 N–H and O–H groups in total. The van der Waals surface area contributed by atoms with Gasteiger partial charge in [0.25, 0.3) is 0 Å². The van der Waals surface area contributed by atoms with E-state index in [1.807, 2.05) is 0 Å². The van der Waals surface area contributed by atoms with Crippen LogP contribution in [0.5, 0.6) is 5.75 Å². The van der Waals surface area contributed by atoms with Gasteiger partial charge in [-0.1, -0.05) is 0 Å². The number of hydrogen-bond acceptors (Lipinski definition) is 4. The molecule has 4 nitrogen and oxygen atoms in total. The monoisotopic (exact) mass is 318 g/mol. The topological polar surface area (TPSA) is 44.8 Å². The summed E-state index contributed by atoms with van der Waals surface area (Å²) < 4.78 is 29.1. The van der Waals surface area contributed by atoms with E-state index in [0.717, 1.165) is 0 Å². The third kappa shape index (κ3) is 2.71. The summed E-state index contributed by atoms with van der Waals surface area (Å²) in [4.78, 5) is 12.2. The first-order chi connectivity index (χ1) is 8.63. The molecular formula is C12H12BrFO4. The van der Waals surface area contributed by atoms with Gasteiger partial charge in [-0.25, -0.2) is 4.39 Å². The average Bonchev–Trinajstić information content (AvgIpc) is 2.41. The summed E-state index contributed by atoms with van der Waals surface area (Å²) in [7, 11) is 1.39. The molecule has 18 heavy (non-hydrogen) atoms. The summed E-state index contributed by atoms with van der Waals surface area (Å²) in [5.41, 5.74) is 0.279. The molecule has 0 aromatic heterocycles. The van der Waals surface area contributed by atoms with E-state index in [2.05, 4.69) is 15.9 Å². The van der Waals surface area contributed by atoms with Crippen LogP contribution >= 0.6 is 15.9 Å². The summed E-state index contributed by atoms with van der Waals surface area (Å²) in [5.74, 6) is -0.564. The Kier molecular flexibility index (Phi) is 4.31. The van der Waals surface area contributed by atoms with Gasteiger partial charge in [0.1, 0.15) is 17.7 Å². The normalized spacial score (nSPS) is 19.6. The lowest BCUT2D eigenvalue weighted by Gasteiger charge is -2.22. The Balaban J connectivity index is 2.31. The van der Waals surface area contributed by atoms with Crippen LogP contribution in [0.25, 0.3) is 0 Å². The molecule has 1 atom stereocenters. The van der Waals surface area contributed by atoms with Gasteiger partial charge in [0.2, 0.25) is 0 Å². The zero-order valence-electron chi connectivity index (χ0n) is 9.74. The molecule has 1 unspecified atom stereocenters. The SMILES string of the molecule is COc1cc(F)c(Br)cc1C(=O)C1COCCO1. The van der Waals surface area contributed by atoms with E-state index in [1.54, 1.807) is 0 Å². The number of carbonyl (C=O) groups excluding carboxylic acids is 1. The van der Waals surface area contributed by atoms with Gasteiger partial charge in [0.15, 0.2) is 5.78 Å². The highest BCUT2D eigenvalue weighted by atomic mass is 79.9. The minimum Gasteiger partial charge on any atom is -0.496 e. The number of ether oxygens (including phenoxy) is 3. The Hall–Kier alpha value is -0.980. The molecule has 1 aliphatic rings. The van der Waals surface area contributed by atoms with E-state index < -0.39 is 11.9 Å². The number of hydrogen-bond donors (Lipinski definition) is 0. The fourth-order valence-corrected chi connectivity index (χ4v) is 2.05. The van der Waals surface area contributed by atoms with Gasteiger partial charge in [0.05, 0.1) is 37.0 Å². The van der Waals surface area contributed by atoms with E-state index in [-0.39, 0.29) is 28.2 Å². The quantitative estimate of drug-likeness (QED) is 0.801. The fourth-order valence-electron chi connectivity index (χ4n) is 1.70. The van der Waals surface area contributed by atoms with Crippen molar-refractivity contribution >= 4 is 21.7 Å². The first-order valence-corrected chi connectivity index (χ1v) is 6.19. The second-order valence-corrected chi connectivity index (χ2v) is 4.62. The highest BCUT2D eigenvalue weighted by molar-refractivity contribution is 9.10. The Morgan fingerprint density at radius 1 is 1.50 bits per heavy atom. The predicted molar refractivity (Wildman–Crippen MR) is 65.5 cm³/mol. The minimum absolute atomic E-state index is 0.190. The van der Waals surface area contributed by atoms with Crippen LogP contribution in [-0.2, 0) is 9.47 Å². The molecule has 0 amide bonds. The van der Waals surface area contributed by atoms with Gasteiger partial charge in [-0.2, -0.15) is 0 Å². The molecule has 1 fully saturated rings. The standard InChI is InChI=1S/C12H12BrFO4/c1-16-10-5-9(14)8(13)4-7(10)12(15)11-6-17-2-3-18-11/h4-5,11H,2-3,6H2,1H3. The fraction of sp³-hybridized carbons (Fsp3) is 0.417. The largest absolute Gasteiger partial charge is 0.496 e. The second kappa shape index (κ2) is 5.77. The third-order valence-electron chi connectivity index (χ3n) is 2.62. The van der Waals surface area contributed by atoms with Crippen molar-refractivity contribution in [2.75, 3.05) is 26.9 Å². The molecule has 0 saturated carbocycles. The smallest absolute Gasteiger partial charge is 0.197 e. The van der Waals surface area contributed by atoms with E-state index in [4.69, 9.17) is 14.2 Å². The molecule has 0 radical (unpaired) electrons. The maximum absolute atomic E-state index is 13.4. The highest BCUT2D eigenvalue weighted by Gasteiger charge is 2.27. The lowest BCUT2D eigenvalue weighted by atomic mass is 10.0. The number of ketones is 1. The maximum Gasteiger partial charge on any atom is 0.197 e. The van der Waals surface area contributed by atoms with Gasteiger partial charge in [-0.15, -0.1) is 0 Å². The lowest BCUT2D eigenvalue weighted by Crippen LogP contribution is -2.35. The molecule has 98 valence electrons. The molecule has 1 aromatic carbocycles. The number of Topliss-reactive ketones (excluding diaryl/α,β-unsaturated/α-hetero) is 1. The van der Waals surface area contributed by atoms with Crippen molar-refractivity contribution in [3.8, 4) is 5.75 Å². The van der Waals surface area contributed by atoms with E-state index in [9.17, 15) is 9.18 Å². The Bertz CT molecular complexity index is 458. The molecule has 0 bridgehead atoms. The Morgan fingerprint density at radius 3 is 2.89 bits per heavy atom. The Morgan fingerprint density at radius 2 is 2.28 bits per heavy atom. The summed E-state index contributed by atoms with van der Waals surface area (Å²) >= 11 is 3.05. The first kappa shape index (κ1) is 13.5. The molecular weight excluding hydrogens is 307 g/mol. The summed E-state index contributed by atoms with van der Waals surface area (Å²) in [5, 5.41) is 0. The van der Waals surface area contributed by atoms with Crippen molar-refractivity contribution in [1.82, 2.24) is 0 Å². The number of benzene rings is 1. The van der Waals surface area contributed by atoms with Crippen LogP contribution < -0.4 is 4.74 Å². The van der Waals surface area contributed by atoms with Gasteiger partial charge < -0.3 is 14.2 Å². The zero-order valence-corrected chi connectivity index (χ0v) is 11.3. The van der Waals surface area contributed by atoms with Crippen LogP contribution in [0, 0.1) is 5.82 Å². The first-order valence-electron chi connectivity index (χ1n) is 5.40. The van der Waals surface area contributed by atoms with Gasteiger partial charge in [-0.05, 0) is 22.0 Å². The molecule has 0 spiro atoms. The third-order valence-corrected chi connectivity index (χ3v) is 3.22. The lowest BCUT2D eigenvalue weighted by molar-refractivity contribution is -0.0719. The van der Waals surface area contributed by atoms with Crippen LogP contribution in [0.3, 0.4) is 0 Å². The molecule has 1 aliphatic heterocycles. The van der Waals surface area contributed by atoms with E-state index >= 15 is 0 Å². The number of halogens is 2. The van der Waals surface area contributed by atoms with Crippen molar-refractivity contribution < 1.29 is 23.4 Å². The van der Waals surface area contributed by atoms with Crippen molar-refractivity contribution in [3.63, 3.8) is 0 Å². The van der Waals surface area contributed by atoms with Crippen molar-refractivity contribution in [2.24, 2.45) is 0 Å². The zero-order chi connectivity index (χ0) is 13.1. The van der Waals surface area contributed by atoms with Crippen LogP contribution in [-0.4, -0.2) is 38.8 Å². The number of carbonyl (C=O) groups is 1. The summed E-state index contributed by atoms with van der Waals surface area (Å²) in [6.45, 7) is 1.06. The minimum atomic E-state index is -0.662. The van der Waals surface area contributed by atoms with Gasteiger partial charge >= 0.3 is 0 Å². The Labute approximate surface area is 112 Å². The van der Waals surface area contributed by atoms with E-state index in [1.165, 1.54) is 19.2 Å². The molecule has 1 aromatic rings. The second-order valence-electron chi connectivity index (χ2n) is 3.77. The summed E-state index contributed by atoms with van der Waals surface area (Å²) in [6.07, 6.45) is -0.662. The molecule has 1 saturated heterocycles. The van der Waals surface area contributed by atoms with Crippen LogP contribution in [0.2, 0.25) is 0 Å². The molecule has 0 aliphatic carbocycles. The highest BCUT2D eigenvalue weighted by Crippen LogP contribution is 2.28. The maximum atomic E-state index is 13.4. The summed E-state index contributed by atoms with van der Waals surface area (Å²) in [6, 6.07) is 2.56. The molecule has 1 heterocycles. The number of methoxy groups -OCH3 is 1. The number of rotatable bonds is 3. The van der Waals surface area contributed by atoms with Crippen LogP contribution in [0.1, 0.15) is 10.4 Å². The predicted octanol–water partition coefficient (Wildman–Crippen LogP) is 2.19. The average molecular weight is 319 g/mol. The van der Waals surface area contributed by atoms with Crippen molar-refractivity contribution in [1.29, 1.82) is 0 Å².